The highest BCUT2D eigenvalue weighted by atomic mass is 16.5. The Kier molecular flexibility index (Phi) is 4.04. The van der Waals surface area contributed by atoms with Crippen LogP contribution < -0.4 is 0 Å². The van der Waals surface area contributed by atoms with Gasteiger partial charge >= 0.3 is 5.97 Å². The zero-order valence-corrected chi connectivity index (χ0v) is 6.09. The summed E-state index contributed by atoms with van der Waals surface area (Å²) >= 11 is 0. The Balaban J connectivity index is 3.75. The van der Waals surface area contributed by atoms with Crippen molar-refractivity contribution in [3.63, 3.8) is 0 Å². The molecule has 0 aromatic heterocycles. The van der Waals surface area contributed by atoms with Gasteiger partial charge in [-0.1, -0.05) is 6.58 Å². The molecule has 0 fully saturated rings. The third kappa shape index (κ3) is 3.72. The first-order chi connectivity index (χ1) is 4.70. The van der Waals surface area contributed by atoms with E-state index in [1.165, 1.54) is 26.4 Å². The second-order valence-corrected chi connectivity index (χ2v) is 1.53. The van der Waals surface area contributed by atoms with Crippen LogP contribution in [0.4, 0.5) is 0 Å². The molecule has 0 aliphatic heterocycles. The average Bonchev–Trinajstić information content (AvgIpc) is 1.99. The van der Waals surface area contributed by atoms with Gasteiger partial charge in [0.15, 0.2) is 0 Å². The summed E-state index contributed by atoms with van der Waals surface area (Å²) in [4.78, 5) is 10.4. The number of ether oxygens (including phenoxy) is 2. The quantitative estimate of drug-likeness (QED) is 0.254. The van der Waals surface area contributed by atoms with E-state index in [4.69, 9.17) is 0 Å². The molecule has 56 valence electrons. The molecule has 0 aromatic rings. The van der Waals surface area contributed by atoms with E-state index in [9.17, 15) is 4.79 Å². The van der Waals surface area contributed by atoms with Gasteiger partial charge in [-0.25, -0.2) is 4.79 Å². The summed E-state index contributed by atoms with van der Waals surface area (Å²) in [6.45, 7) is 3.46. The van der Waals surface area contributed by atoms with Gasteiger partial charge in [-0.15, -0.1) is 0 Å². The summed E-state index contributed by atoms with van der Waals surface area (Å²) in [5.41, 5.74) is 0. The average molecular weight is 142 g/mol. The highest BCUT2D eigenvalue weighted by molar-refractivity contribution is 5.82. The zero-order chi connectivity index (χ0) is 7.98. The Labute approximate surface area is 59.9 Å². The Bertz CT molecular complexity index is 140. The van der Waals surface area contributed by atoms with Crippen LogP contribution in [0.25, 0.3) is 0 Å². The molecule has 0 radical (unpaired) electrons. The Morgan fingerprint density at radius 3 is 2.30 bits per heavy atom. The van der Waals surface area contributed by atoms with Gasteiger partial charge in [0.1, 0.15) is 5.76 Å². The molecular weight excluding hydrogens is 132 g/mol. The molecule has 0 bridgehead atoms. The molecule has 3 nitrogen and oxygen atoms in total. The number of rotatable bonds is 3. The summed E-state index contributed by atoms with van der Waals surface area (Å²) in [7, 11) is 2.78. The van der Waals surface area contributed by atoms with Crippen molar-refractivity contribution < 1.29 is 14.3 Å². The minimum absolute atomic E-state index is 0.418. The molecule has 0 rings (SSSR count). The SMILES string of the molecule is C=C(C=CC(=O)OC)OC. The first-order valence-corrected chi connectivity index (χ1v) is 2.69. The molecule has 0 N–H and O–H groups in total. The third-order valence-electron chi connectivity index (χ3n) is 0.869. The van der Waals surface area contributed by atoms with Crippen molar-refractivity contribution in [2.45, 2.75) is 0 Å². The number of allylic oxidation sites excluding steroid dienone is 1. The van der Waals surface area contributed by atoms with Crippen molar-refractivity contribution >= 4 is 5.97 Å². The van der Waals surface area contributed by atoms with Crippen LogP contribution in [-0.2, 0) is 14.3 Å². The largest absolute Gasteiger partial charge is 0.497 e. The van der Waals surface area contributed by atoms with Crippen molar-refractivity contribution in [2.24, 2.45) is 0 Å². The van der Waals surface area contributed by atoms with E-state index >= 15 is 0 Å². The molecule has 10 heavy (non-hydrogen) atoms. The van der Waals surface area contributed by atoms with Crippen molar-refractivity contribution in [3.8, 4) is 0 Å². The number of esters is 1. The maximum absolute atomic E-state index is 10.4. The molecule has 0 heterocycles. The molecule has 0 unspecified atom stereocenters. The van der Waals surface area contributed by atoms with Gasteiger partial charge in [0.2, 0.25) is 0 Å². The van der Waals surface area contributed by atoms with Gasteiger partial charge in [0.05, 0.1) is 14.2 Å². The van der Waals surface area contributed by atoms with Gasteiger partial charge in [-0.05, 0) is 6.08 Å². The van der Waals surface area contributed by atoms with E-state index in [1.807, 2.05) is 0 Å². The van der Waals surface area contributed by atoms with Crippen molar-refractivity contribution in [1.29, 1.82) is 0 Å². The first-order valence-electron chi connectivity index (χ1n) is 2.69. The topological polar surface area (TPSA) is 35.5 Å². The molecule has 0 amide bonds. The molecule has 0 aliphatic rings. The van der Waals surface area contributed by atoms with Gasteiger partial charge in [-0.2, -0.15) is 0 Å². The maximum atomic E-state index is 10.4. The molecule has 3 heteroatoms. The number of carbonyl (C=O) groups excluding carboxylic acids is 1. The first kappa shape index (κ1) is 8.75. The van der Waals surface area contributed by atoms with Gasteiger partial charge < -0.3 is 9.47 Å². The number of carbonyl (C=O) groups is 1. The highest BCUT2D eigenvalue weighted by Crippen LogP contribution is 1.91. The van der Waals surface area contributed by atoms with Crippen LogP contribution in [0, 0.1) is 0 Å². The molecule has 0 atom stereocenters. The molecule has 0 saturated heterocycles. The van der Waals surface area contributed by atoms with Crippen LogP contribution in [0.2, 0.25) is 0 Å². The molecule has 0 saturated carbocycles. The van der Waals surface area contributed by atoms with Crippen molar-refractivity contribution in [2.75, 3.05) is 14.2 Å². The van der Waals surface area contributed by atoms with E-state index in [-0.39, 0.29) is 0 Å². The van der Waals surface area contributed by atoms with Crippen LogP contribution >= 0.6 is 0 Å². The van der Waals surface area contributed by atoms with Gasteiger partial charge in [-0.3, -0.25) is 0 Å². The lowest BCUT2D eigenvalue weighted by Crippen LogP contribution is -1.93. The van der Waals surface area contributed by atoms with E-state index in [0.717, 1.165) is 0 Å². The van der Waals surface area contributed by atoms with Crippen LogP contribution in [-0.4, -0.2) is 20.2 Å². The third-order valence-corrected chi connectivity index (χ3v) is 0.869. The fourth-order valence-electron chi connectivity index (χ4n) is 0.297. The number of hydrogen-bond donors (Lipinski definition) is 0. The Morgan fingerprint density at radius 1 is 1.30 bits per heavy atom. The van der Waals surface area contributed by atoms with Crippen LogP contribution in [0.5, 0.6) is 0 Å². The second-order valence-electron chi connectivity index (χ2n) is 1.53. The fraction of sp³-hybridized carbons (Fsp3) is 0.286. The standard InChI is InChI=1S/C7H10O3/c1-6(9-2)4-5-7(8)10-3/h4-5H,1H2,2-3H3. The molecule has 0 aliphatic carbocycles. The number of methoxy groups -OCH3 is 2. The summed E-state index contributed by atoms with van der Waals surface area (Å²) in [5.74, 6) is 0.00333. The van der Waals surface area contributed by atoms with Crippen LogP contribution in [0.15, 0.2) is 24.5 Å². The lowest BCUT2D eigenvalue weighted by molar-refractivity contribution is -0.134. The maximum Gasteiger partial charge on any atom is 0.330 e. The minimum atomic E-state index is -0.418. The van der Waals surface area contributed by atoms with Crippen molar-refractivity contribution in [3.05, 3.63) is 24.5 Å². The lowest BCUT2D eigenvalue weighted by atomic mass is 10.4. The van der Waals surface area contributed by atoms with Gasteiger partial charge in [0.25, 0.3) is 0 Å². The lowest BCUT2D eigenvalue weighted by Gasteiger charge is -1.94. The Hall–Kier alpha value is -1.25. The Morgan fingerprint density at radius 2 is 1.90 bits per heavy atom. The predicted molar refractivity (Wildman–Crippen MR) is 37.3 cm³/mol. The highest BCUT2D eigenvalue weighted by Gasteiger charge is 1.90. The monoisotopic (exact) mass is 142 g/mol. The van der Waals surface area contributed by atoms with E-state index < -0.39 is 5.97 Å². The molecule has 0 aromatic carbocycles. The smallest absolute Gasteiger partial charge is 0.330 e. The van der Waals surface area contributed by atoms with Crippen LogP contribution in [0.1, 0.15) is 0 Å². The molecule has 0 spiro atoms. The van der Waals surface area contributed by atoms with Gasteiger partial charge in [0, 0.05) is 6.08 Å². The van der Waals surface area contributed by atoms with E-state index in [0.29, 0.717) is 5.76 Å². The fourth-order valence-corrected chi connectivity index (χ4v) is 0.297. The number of hydrogen-bond acceptors (Lipinski definition) is 3. The normalized spacial score (nSPS) is 9.40. The second kappa shape index (κ2) is 4.61. The van der Waals surface area contributed by atoms with Crippen LogP contribution in [0.3, 0.4) is 0 Å². The van der Waals surface area contributed by atoms with E-state index in [1.54, 1.807) is 0 Å². The summed E-state index contributed by atoms with van der Waals surface area (Å²) in [6.07, 6.45) is 2.68. The summed E-state index contributed by atoms with van der Waals surface area (Å²) in [5, 5.41) is 0. The van der Waals surface area contributed by atoms with Crippen molar-refractivity contribution in [1.82, 2.24) is 0 Å². The zero-order valence-electron chi connectivity index (χ0n) is 6.09. The predicted octanol–water partition coefficient (Wildman–Crippen LogP) is 0.876. The summed E-state index contributed by atoms with van der Waals surface area (Å²) < 4.78 is 8.98. The summed E-state index contributed by atoms with van der Waals surface area (Å²) in [6, 6.07) is 0. The minimum Gasteiger partial charge on any atom is -0.497 e. The molecular formula is C7H10O3. The van der Waals surface area contributed by atoms with E-state index in [2.05, 4.69) is 16.1 Å².